The van der Waals surface area contributed by atoms with Crippen LogP contribution in [0.15, 0.2) is 23.1 Å². The van der Waals surface area contributed by atoms with E-state index in [1.165, 1.54) is 18.3 Å². The number of amides is 1. The third kappa shape index (κ3) is 3.32. The van der Waals surface area contributed by atoms with Crippen molar-refractivity contribution < 1.29 is 14.7 Å². The van der Waals surface area contributed by atoms with Crippen LogP contribution in [0.1, 0.15) is 49.4 Å². The van der Waals surface area contributed by atoms with E-state index >= 15 is 0 Å². The summed E-state index contributed by atoms with van der Waals surface area (Å²) < 4.78 is 0. The van der Waals surface area contributed by atoms with Crippen molar-refractivity contribution in [3.63, 3.8) is 0 Å². The summed E-state index contributed by atoms with van der Waals surface area (Å²) in [5.74, 6) is -0.998. The summed E-state index contributed by atoms with van der Waals surface area (Å²) >= 11 is 0. The number of carboxylic acids is 1. The second-order valence-electron chi connectivity index (χ2n) is 5.63. The lowest BCUT2D eigenvalue weighted by Gasteiger charge is -2.37. The molecule has 1 heterocycles. The quantitative estimate of drug-likeness (QED) is 0.783. The number of carbonyl (C=O) groups excluding carboxylic acids is 1. The molecule has 0 unspecified atom stereocenters. The Balaban J connectivity index is 2.16. The molecular weight excluding hydrogens is 272 g/mol. The van der Waals surface area contributed by atoms with Gasteiger partial charge in [-0.15, -0.1) is 0 Å². The number of nitrogens with one attached hydrogen (secondary N) is 2. The molecule has 3 N–H and O–H groups in total. The van der Waals surface area contributed by atoms with Crippen molar-refractivity contribution in [3.05, 3.63) is 34.2 Å². The van der Waals surface area contributed by atoms with E-state index in [1.54, 1.807) is 0 Å². The number of hydrogen-bond acceptors (Lipinski definition) is 3. The van der Waals surface area contributed by atoms with Gasteiger partial charge in [-0.25, -0.2) is 4.79 Å². The van der Waals surface area contributed by atoms with Crippen LogP contribution in [0.5, 0.6) is 0 Å². The van der Waals surface area contributed by atoms with E-state index in [2.05, 4.69) is 17.2 Å². The van der Waals surface area contributed by atoms with Crippen molar-refractivity contribution in [1.29, 1.82) is 0 Å². The number of hydrogen-bond donors (Lipinski definition) is 3. The summed E-state index contributed by atoms with van der Waals surface area (Å²) in [6.45, 7) is 2.09. The van der Waals surface area contributed by atoms with Gasteiger partial charge in [0.25, 0.3) is 5.91 Å². The zero-order chi connectivity index (χ0) is 15.5. The fourth-order valence-electron chi connectivity index (χ4n) is 2.85. The van der Waals surface area contributed by atoms with E-state index in [0.29, 0.717) is 18.8 Å². The summed E-state index contributed by atoms with van der Waals surface area (Å²) in [5, 5.41) is 12.1. The van der Waals surface area contributed by atoms with Gasteiger partial charge in [-0.05, 0) is 37.7 Å². The maximum absolute atomic E-state index is 12.2. The minimum atomic E-state index is -1.22. The molecule has 1 aromatic rings. The van der Waals surface area contributed by atoms with Crippen LogP contribution in [0.4, 0.5) is 0 Å². The van der Waals surface area contributed by atoms with Crippen molar-refractivity contribution in [2.24, 2.45) is 5.92 Å². The lowest BCUT2D eigenvalue weighted by molar-refractivity contribution is -0.146. The Hall–Kier alpha value is -2.11. The van der Waals surface area contributed by atoms with Crippen molar-refractivity contribution in [2.75, 3.05) is 0 Å². The van der Waals surface area contributed by atoms with Gasteiger partial charge in [-0.1, -0.05) is 13.3 Å². The molecule has 2 rings (SSSR count). The van der Waals surface area contributed by atoms with Crippen molar-refractivity contribution in [3.8, 4) is 0 Å². The smallest absolute Gasteiger partial charge is 0.329 e. The molecule has 1 saturated carbocycles. The third-order valence-corrected chi connectivity index (χ3v) is 4.34. The summed E-state index contributed by atoms with van der Waals surface area (Å²) in [4.78, 5) is 37.5. The van der Waals surface area contributed by atoms with E-state index in [1.807, 2.05) is 0 Å². The highest BCUT2D eigenvalue weighted by molar-refractivity contribution is 5.97. The van der Waals surface area contributed by atoms with Gasteiger partial charge in [0.15, 0.2) is 0 Å². The Morgan fingerprint density at radius 1 is 1.43 bits per heavy atom. The molecule has 0 aliphatic heterocycles. The van der Waals surface area contributed by atoms with Crippen LogP contribution in [0, 0.1) is 5.92 Å². The summed E-state index contributed by atoms with van der Waals surface area (Å²) in [6.07, 6.45) is 4.83. The first-order chi connectivity index (χ1) is 9.97. The monoisotopic (exact) mass is 292 g/mol. The third-order valence-electron chi connectivity index (χ3n) is 4.34. The average molecular weight is 292 g/mol. The van der Waals surface area contributed by atoms with E-state index in [-0.39, 0.29) is 11.1 Å². The number of H-pyrrole nitrogens is 1. The van der Waals surface area contributed by atoms with Gasteiger partial charge in [0.2, 0.25) is 5.56 Å². The van der Waals surface area contributed by atoms with Crippen LogP contribution in [0.3, 0.4) is 0 Å². The lowest BCUT2D eigenvalue weighted by atomic mass is 9.75. The summed E-state index contributed by atoms with van der Waals surface area (Å²) in [7, 11) is 0. The van der Waals surface area contributed by atoms with Crippen LogP contribution in [0.25, 0.3) is 0 Å². The zero-order valence-electron chi connectivity index (χ0n) is 12.0. The van der Waals surface area contributed by atoms with Crippen LogP contribution in [-0.4, -0.2) is 27.5 Å². The minimum Gasteiger partial charge on any atom is -0.480 e. The molecule has 0 spiro atoms. The van der Waals surface area contributed by atoms with E-state index in [0.717, 1.165) is 19.3 Å². The molecular formula is C15H20N2O4. The van der Waals surface area contributed by atoms with E-state index in [9.17, 15) is 19.5 Å². The SMILES string of the molecule is CCC1CCC(NC(=O)c2cc[nH]c(=O)c2)(C(=O)O)CC1. The van der Waals surface area contributed by atoms with E-state index < -0.39 is 17.4 Å². The molecule has 1 aliphatic carbocycles. The molecule has 6 heteroatoms. The Morgan fingerprint density at radius 3 is 2.62 bits per heavy atom. The van der Waals surface area contributed by atoms with Crippen molar-refractivity contribution in [1.82, 2.24) is 10.3 Å². The van der Waals surface area contributed by atoms with Gasteiger partial charge >= 0.3 is 5.97 Å². The Morgan fingerprint density at radius 2 is 2.10 bits per heavy atom. The van der Waals surface area contributed by atoms with Crippen molar-refractivity contribution in [2.45, 2.75) is 44.6 Å². The second-order valence-corrected chi connectivity index (χ2v) is 5.63. The first kappa shape index (κ1) is 15.3. The number of pyridine rings is 1. The summed E-state index contributed by atoms with van der Waals surface area (Å²) in [6, 6.07) is 2.63. The maximum Gasteiger partial charge on any atom is 0.329 e. The molecule has 21 heavy (non-hydrogen) atoms. The van der Waals surface area contributed by atoms with Crippen LogP contribution >= 0.6 is 0 Å². The number of carboxylic acid groups (broad SMARTS) is 1. The molecule has 0 atom stereocenters. The van der Waals surface area contributed by atoms with Gasteiger partial charge in [0, 0.05) is 17.8 Å². The van der Waals surface area contributed by atoms with Gasteiger partial charge in [-0.3, -0.25) is 9.59 Å². The van der Waals surface area contributed by atoms with Gasteiger partial charge in [-0.2, -0.15) is 0 Å². The molecule has 114 valence electrons. The standard InChI is InChI=1S/C15H20N2O4/c1-2-10-3-6-15(7-4-10,14(20)21)17-13(19)11-5-8-16-12(18)9-11/h5,8-10H,2-4,6-7H2,1H3,(H,16,18)(H,17,19)(H,20,21). The first-order valence-corrected chi connectivity index (χ1v) is 7.21. The van der Waals surface area contributed by atoms with Gasteiger partial charge < -0.3 is 15.4 Å². The predicted molar refractivity (Wildman–Crippen MR) is 77.1 cm³/mol. The van der Waals surface area contributed by atoms with Crippen molar-refractivity contribution >= 4 is 11.9 Å². The fourth-order valence-corrected chi connectivity index (χ4v) is 2.85. The average Bonchev–Trinajstić information content (AvgIpc) is 2.47. The Bertz CT molecular complexity index is 585. The maximum atomic E-state index is 12.2. The van der Waals surface area contributed by atoms with Crippen LogP contribution in [0.2, 0.25) is 0 Å². The zero-order valence-corrected chi connectivity index (χ0v) is 12.0. The number of aromatic amines is 1. The molecule has 0 aromatic carbocycles. The highest BCUT2D eigenvalue weighted by Gasteiger charge is 2.43. The molecule has 1 aromatic heterocycles. The number of carbonyl (C=O) groups is 2. The molecule has 1 amide bonds. The molecule has 0 saturated heterocycles. The predicted octanol–water partition coefficient (Wildman–Crippen LogP) is 1.53. The Labute approximate surface area is 122 Å². The number of aliphatic carboxylic acids is 1. The molecule has 0 radical (unpaired) electrons. The molecule has 0 bridgehead atoms. The van der Waals surface area contributed by atoms with Gasteiger partial charge in [0.05, 0.1) is 0 Å². The lowest BCUT2D eigenvalue weighted by Crippen LogP contribution is -2.56. The molecule has 1 aliphatic rings. The minimum absolute atomic E-state index is 0.178. The Kier molecular flexibility index (Phi) is 4.45. The second kappa shape index (κ2) is 6.11. The topological polar surface area (TPSA) is 99.3 Å². The highest BCUT2D eigenvalue weighted by atomic mass is 16.4. The fraction of sp³-hybridized carbons (Fsp3) is 0.533. The first-order valence-electron chi connectivity index (χ1n) is 7.21. The number of aromatic nitrogens is 1. The van der Waals surface area contributed by atoms with E-state index in [4.69, 9.17) is 0 Å². The number of rotatable bonds is 4. The highest BCUT2D eigenvalue weighted by Crippen LogP contribution is 2.34. The van der Waals surface area contributed by atoms with Crippen LogP contribution in [-0.2, 0) is 4.79 Å². The van der Waals surface area contributed by atoms with Gasteiger partial charge in [0.1, 0.15) is 5.54 Å². The largest absolute Gasteiger partial charge is 0.480 e. The molecule has 6 nitrogen and oxygen atoms in total. The summed E-state index contributed by atoms with van der Waals surface area (Å²) in [5.41, 5.74) is -1.43. The normalized spacial score (nSPS) is 25.3. The molecule has 1 fully saturated rings. The van der Waals surface area contributed by atoms with Crippen LogP contribution < -0.4 is 10.9 Å².